The molecule has 0 aliphatic carbocycles. The van der Waals surface area contributed by atoms with Crippen molar-refractivity contribution in [1.29, 1.82) is 0 Å². The molecule has 0 bridgehead atoms. The summed E-state index contributed by atoms with van der Waals surface area (Å²) in [4.78, 5) is 0. The van der Waals surface area contributed by atoms with Crippen molar-refractivity contribution in [2.75, 3.05) is 5.73 Å². The Hall–Kier alpha value is -2.06. The van der Waals surface area contributed by atoms with Crippen molar-refractivity contribution < 1.29 is 4.39 Å². The summed E-state index contributed by atoms with van der Waals surface area (Å²) in [6.45, 7) is 0. The van der Waals surface area contributed by atoms with E-state index in [4.69, 9.17) is 17.3 Å². The lowest BCUT2D eigenvalue weighted by Crippen LogP contribution is -1.93. The number of anilines is 1. The van der Waals surface area contributed by atoms with Crippen LogP contribution in [0.25, 0.3) is 21.9 Å². The summed E-state index contributed by atoms with van der Waals surface area (Å²) in [5, 5.41) is 2.45. The van der Waals surface area contributed by atoms with Gasteiger partial charge in [0.05, 0.1) is 10.7 Å². The molecule has 0 spiro atoms. The van der Waals surface area contributed by atoms with Crippen molar-refractivity contribution in [3.8, 4) is 11.1 Å². The van der Waals surface area contributed by atoms with Gasteiger partial charge in [0.2, 0.25) is 0 Å². The normalized spacial score (nSPS) is 10.8. The number of halogens is 2. The Labute approximate surface area is 115 Å². The van der Waals surface area contributed by atoms with Gasteiger partial charge >= 0.3 is 0 Å². The molecule has 0 aromatic heterocycles. The maximum Gasteiger partial charge on any atom is 0.125 e. The highest BCUT2D eigenvalue weighted by Crippen LogP contribution is 2.34. The molecule has 3 heteroatoms. The lowest BCUT2D eigenvalue weighted by atomic mass is 10.00. The Bertz CT molecular complexity index is 768. The van der Waals surface area contributed by atoms with Gasteiger partial charge in [-0.2, -0.15) is 0 Å². The van der Waals surface area contributed by atoms with Crippen molar-refractivity contribution in [1.82, 2.24) is 0 Å². The molecule has 0 saturated carbocycles. The van der Waals surface area contributed by atoms with E-state index < -0.39 is 0 Å². The fourth-order valence-corrected chi connectivity index (χ4v) is 2.39. The first-order valence-corrected chi connectivity index (χ1v) is 6.26. The van der Waals surface area contributed by atoms with Crippen LogP contribution in [0.2, 0.25) is 5.02 Å². The van der Waals surface area contributed by atoms with Gasteiger partial charge in [-0.25, -0.2) is 4.39 Å². The SMILES string of the molecule is Nc1c(Cl)cc(F)cc1-c1ccc2ccccc2c1. The zero-order valence-electron chi connectivity index (χ0n) is 10.0. The third kappa shape index (κ3) is 2.15. The van der Waals surface area contributed by atoms with Crippen LogP contribution in [-0.2, 0) is 0 Å². The number of nitrogen functional groups attached to an aromatic ring is 1. The molecule has 0 aliphatic heterocycles. The van der Waals surface area contributed by atoms with E-state index in [-0.39, 0.29) is 10.8 Å². The van der Waals surface area contributed by atoms with Gasteiger partial charge in [-0.15, -0.1) is 0 Å². The molecular formula is C16H11ClFN. The minimum atomic E-state index is -0.387. The van der Waals surface area contributed by atoms with Crippen molar-refractivity contribution in [2.24, 2.45) is 0 Å². The van der Waals surface area contributed by atoms with E-state index in [9.17, 15) is 4.39 Å². The molecule has 2 N–H and O–H groups in total. The van der Waals surface area contributed by atoms with Crippen molar-refractivity contribution in [3.05, 3.63) is 65.4 Å². The molecule has 0 fully saturated rings. The van der Waals surface area contributed by atoms with Crippen molar-refractivity contribution in [2.45, 2.75) is 0 Å². The summed E-state index contributed by atoms with van der Waals surface area (Å²) < 4.78 is 13.5. The van der Waals surface area contributed by atoms with E-state index in [2.05, 4.69) is 0 Å². The predicted molar refractivity (Wildman–Crippen MR) is 78.8 cm³/mol. The van der Waals surface area contributed by atoms with E-state index in [1.54, 1.807) is 0 Å². The van der Waals surface area contributed by atoms with Crippen molar-refractivity contribution >= 4 is 28.1 Å². The van der Waals surface area contributed by atoms with Crippen LogP contribution in [0.5, 0.6) is 0 Å². The lowest BCUT2D eigenvalue weighted by Gasteiger charge is -2.09. The Kier molecular flexibility index (Phi) is 2.88. The Morgan fingerprint density at radius 3 is 2.42 bits per heavy atom. The lowest BCUT2D eigenvalue weighted by molar-refractivity contribution is 0.628. The summed E-state index contributed by atoms with van der Waals surface area (Å²) >= 11 is 5.92. The highest BCUT2D eigenvalue weighted by Gasteiger charge is 2.09. The fourth-order valence-electron chi connectivity index (χ4n) is 2.18. The molecule has 0 saturated heterocycles. The highest BCUT2D eigenvalue weighted by atomic mass is 35.5. The van der Waals surface area contributed by atoms with Crippen LogP contribution in [-0.4, -0.2) is 0 Å². The van der Waals surface area contributed by atoms with Crippen LogP contribution in [0.3, 0.4) is 0 Å². The van der Waals surface area contributed by atoms with Crippen LogP contribution >= 0.6 is 11.6 Å². The molecule has 0 heterocycles. The van der Waals surface area contributed by atoms with Gasteiger partial charge < -0.3 is 5.73 Å². The summed E-state index contributed by atoms with van der Waals surface area (Å²) in [5.74, 6) is -0.387. The Morgan fingerprint density at radius 2 is 1.63 bits per heavy atom. The molecule has 0 amide bonds. The molecule has 0 unspecified atom stereocenters. The van der Waals surface area contributed by atoms with Gasteiger partial charge in [0.25, 0.3) is 0 Å². The molecule has 3 aromatic rings. The molecular weight excluding hydrogens is 261 g/mol. The van der Waals surface area contributed by atoms with Crippen LogP contribution in [0, 0.1) is 5.82 Å². The molecule has 19 heavy (non-hydrogen) atoms. The van der Waals surface area contributed by atoms with Crippen LogP contribution in [0.4, 0.5) is 10.1 Å². The fraction of sp³-hybridized carbons (Fsp3) is 0. The average Bonchev–Trinajstić information content (AvgIpc) is 2.42. The first kappa shape index (κ1) is 12.0. The van der Waals surface area contributed by atoms with Gasteiger partial charge in [-0.1, -0.05) is 48.0 Å². The quantitative estimate of drug-likeness (QED) is 0.627. The zero-order valence-corrected chi connectivity index (χ0v) is 10.8. The number of nitrogens with two attached hydrogens (primary N) is 1. The van der Waals surface area contributed by atoms with Gasteiger partial charge in [0, 0.05) is 5.56 Å². The maximum atomic E-state index is 13.5. The van der Waals surface area contributed by atoms with E-state index in [0.29, 0.717) is 11.3 Å². The van der Waals surface area contributed by atoms with Crippen LogP contribution in [0.15, 0.2) is 54.6 Å². The van der Waals surface area contributed by atoms with E-state index in [1.807, 2.05) is 42.5 Å². The largest absolute Gasteiger partial charge is 0.397 e. The topological polar surface area (TPSA) is 26.0 Å². The number of rotatable bonds is 1. The van der Waals surface area contributed by atoms with E-state index in [0.717, 1.165) is 16.3 Å². The second kappa shape index (κ2) is 4.56. The van der Waals surface area contributed by atoms with Crippen molar-refractivity contribution in [3.63, 3.8) is 0 Å². The molecule has 3 rings (SSSR count). The molecule has 1 nitrogen and oxygen atoms in total. The number of hydrogen-bond donors (Lipinski definition) is 1. The second-order valence-electron chi connectivity index (χ2n) is 4.41. The number of hydrogen-bond acceptors (Lipinski definition) is 1. The predicted octanol–water partition coefficient (Wildman–Crippen LogP) is 4.88. The molecule has 0 radical (unpaired) electrons. The molecule has 0 aliphatic rings. The molecule has 3 aromatic carbocycles. The van der Waals surface area contributed by atoms with E-state index >= 15 is 0 Å². The summed E-state index contributed by atoms with van der Waals surface area (Å²) in [6.07, 6.45) is 0. The Morgan fingerprint density at radius 1 is 0.895 bits per heavy atom. The molecule has 94 valence electrons. The summed E-state index contributed by atoms with van der Waals surface area (Å²) in [5.41, 5.74) is 7.81. The van der Waals surface area contributed by atoms with Gasteiger partial charge in [0.1, 0.15) is 5.82 Å². The van der Waals surface area contributed by atoms with Crippen LogP contribution in [0.1, 0.15) is 0 Å². The summed E-state index contributed by atoms with van der Waals surface area (Å²) in [7, 11) is 0. The minimum Gasteiger partial charge on any atom is -0.397 e. The maximum absolute atomic E-state index is 13.5. The van der Waals surface area contributed by atoms with Crippen LogP contribution < -0.4 is 5.73 Å². The monoisotopic (exact) mass is 271 g/mol. The van der Waals surface area contributed by atoms with Gasteiger partial charge in [0.15, 0.2) is 0 Å². The Balaban J connectivity index is 2.24. The third-order valence-corrected chi connectivity index (χ3v) is 3.47. The standard InChI is InChI=1S/C16H11ClFN/c17-15-9-13(18)8-14(16(15)19)12-6-5-10-3-1-2-4-11(10)7-12/h1-9H,19H2. The smallest absolute Gasteiger partial charge is 0.125 e. The van der Waals surface area contributed by atoms with Gasteiger partial charge in [-0.05, 0) is 34.5 Å². The first-order valence-electron chi connectivity index (χ1n) is 5.89. The third-order valence-electron chi connectivity index (χ3n) is 3.15. The first-order chi connectivity index (χ1) is 9.15. The summed E-state index contributed by atoms with van der Waals surface area (Å²) in [6, 6.07) is 16.5. The van der Waals surface area contributed by atoms with E-state index in [1.165, 1.54) is 12.1 Å². The minimum absolute atomic E-state index is 0.239. The van der Waals surface area contributed by atoms with Gasteiger partial charge in [-0.3, -0.25) is 0 Å². The highest BCUT2D eigenvalue weighted by molar-refractivity contribution is 6.33. The average molecular weight is 272 g/mol. The molecule has 0 atom stereocenters. The number of fused-ring (bicyclic) bond motifs is 1. The number of benzene rings is 3. The zero-order chi connectivity index (χ0) is 13.4. The second-order valence-corrected chi connectivity index (χ2v) is 4.82.